The molecular weight excluding hydrogens is 346 g/mol. The number of hydrogen-bond donors (Lipinski definition) is 2. The average molecular weight is 367 g/mol. The molecule has 0 saturated heterocycles. The van der Waals surface area contributed by atoms with Gasteiger partial charge in [0.15, 0.2) is 0 Å². The number of aromatic carboxylic acids is 1. The van der Waals surface area contributed by atoms with Crippen molar-refractivity contribution in [2.75, 3.05) is 5.32 Å². The Morgan fingerprint density at radius 1 is 1.11 bits per heavy atom. The van der Waals surface area contributed by atoms with Gasteiger partial charge in [-0.25, -0.2) is 4.79 Å². The molecule has 140 valence electrons. The van der Waals surface area contributed by atoms with E-state index in [-0.39, 0.29) is 17.1 Å². The lowest BCUT2D eigenvalue weighted by Gasteiger charge is -2.13. The lowest BCUT2D eigenvalue weighted by Crippen LogP contribution is -2.15. The van der Waals surface area contributed by atoms with Crippen molar-refractivity contribution in [3.8, 4) is 11.3 Å². The number of nitrogens with zero attached hydrogens (tertiary/aromatic N) is 2. The fourth-order valence-electron chi connectivity index (χ4n) is 2.57. The smallest absolute Gasteiger partial charge is 0.371 e. The summed E-state index contributed by atoms with van der Waals surface area (Å²) >= 11 is 0. The third-order valence-corrected chi connectivity index (χ3v) is 4.12. The predicted octanol–water partition coefficient (Wildman–Crippen LogP) is 3.93. The van der Waals surface area contributed by atoms with Gasteiger partial charge in [-0.15, -0.1) is 0 Å². The molecule has 0 aliphatic rings. The minimum Gasteiger partial charge on any atom is -0.475 e. The zero-order valence-corrected chi connectivity index (χ0v) is 15.6. The van der Waals surface area contributed by atoms with Gasteiger partial charge in [0, 0.05) is 23.7 Å². The van der Waals surface area contributed by atoms with E-state index in [1.165, 1.54) is 6.07 Å². The molecule has 0 spiro atoms. The molecule has 7 nitrogen and oxygen atoms in total. The first-order valence-electron chi connectivity index (χ1n) is 8.44. The Morgan fingerprint density at radius 3 is 2.30 bits per heavy atom. The van der Waals surface area contributed by atoms with E-state index < -0.39 is 5.97 Å². The summed E-state index contributed by atoms with van der Waals surface area (Å²) in [5, 5.41) is 16.2. The van der Waals surface area contributed by atoms with Gasteiger partial charge in [0.25, 0.3) is 5.91 Å². The second kappa shape index (κ2) is 6.75. The van der Waals surface area contributed by atoms with E-state index in [9.17, 15) is 9.59 Å². The van der Waals surface area contributed by atoms with Crippen molar-refractivity contribution >= 4 is 17.6 Å². The number of carbonyl (C=O) groups is 2. The molecule has 0 unspecified atom stereocenters. The van der Waals surface area contributed by atoms with Crippen LogP contribution in [0.2, 0.25) is 0 Å². The van der Waals surface area contributed by atoms with Gasteiger partial charge in [0.2, 0.25) is 5.76 Å². The summed E-state index contributed by atoms with van der Waals surface area (Å²) in [4.78, 5) is 23.5. The number of carbonyl (C=O) groups excluding carboxylic acids is 1. The van der Waals surface area contributed by atoms with Crippen molar-refractivity contribution in [1.29, 1.82) is 0 Å². The molecular formula is C20H21N3O4. The van der Waals surface area contributed by atoms with Crippen molar-refractivity contribution in [1.82, 2.24) is 9.78 Å². The number of amides is 1. The number of rotatable bonds is 4. The average Bonchev–Trinajstić information content (AvgIpc) is 3.22. The monoisotopic (exact) mass is 367 g/mol. The fraction of sp³-hybridized carbons (Fsp3) is 0.250. The lowest BCUT2D eigenvalue weighted by molar-refractivity contribution is 0.0663. The molecule has 3 aromatic rings. The summed E-state index contributed by atoms with van der Waals surface area (Å²) < 4.78 is 6.84. The van der Waals surface area contributed by atoms with Crippen LogP contribution in [-0.2, 0) is 12.5 Å². The van der Waals surface area contributed by atoms with Gasteiger partial charge in [-0.05, 0) is 42.5 Å². The maximum atomic E-state index is 12.6. The molecule has 3 rings (SSSR count). The molecule has 7 heteroatoms. The van der Waals surface area contributed by atoms with Gasteiger partial charge in [-0.1, -0.05) is 20.8 Å². The molecule has 2 heterocycles. The van der Waals surface area contributed by atoms with Gasteiger partial charge in [-0.2, -0.15) is 5.10 Å². The van der Waals surface area contributed by atoms with Gasteiger partial charge in [0.05, 0.1) is 5.69 Å². The maximum absolute atomic E-state index is 12.6. The molecule has 0 bridgehead atoms. The van der Waals surface area contributed by atoms with Gasteiger partial charge in [0.1, 0.15) is 11.5 Å². The minimum atomic E-state index is -1.11. The van der Waals surface area contributed by atoms with Crippen LogP contribution in [0.25, 0.3) is 11.3 Å². The van der Waals surface area contributed by atoms with Crippen LogP contribution in [0, 0.1) is 0 Å². The number of aromatic nitrogens is 2. The van der Waals surface area contributed by atoms with E-state index >= 15 is 0 Å². The number of aryl methyl sites for hydroxylation is 1. The Morgan fingerprint density at radius 2 is 1.78 bits per heavy atom. The number of benzene rings is 1. The Labute approximate surface area is 156 Å². The van der Waals surface area contributed by atoms with Crippen LogP contribution in [0.1, 0.15) is 47.5 Å². The number of furan rings is 1. The number of nitrogens with one attached hydrogen (secondary N) is 1. The second-order valence-electron chi connectivity index (χ2n) is 7.29. The molecule has 0 atom stereocenters. The number of anilines is 1. The standard InChI is InChI=1S/C20H21N3O4/c1-20(2,3)17-11-14(23(4)22-17)18(24)21-13-7-5-12(6-8-13)15-9-10-16(27-15)19(25)26/h5-11H,1-4H3,(H,21,24)(H,25,26). The first-order chi connectivity index (χ1) is 12.6. The molecule has 0 aliphatic heterocycles. The molecule has 2 N–H and O–H groups in total. The first kappa shape index (κ1) is 18.4. The third-order valence-electron chi connectivity index (χ3n) is 4.12. The largest absolute Gasteiger partial charge is 0.475 e. The normalized spacial score (nSPS) is 11.4. The first-order valence-corrected chi connectivity index (χ1v) is 8.44. The van der Waals surface area contributed by atoms with E-state index in [1.807, 2.05) is 20.8 Å². The van der Waals surface area contributed by atoms with E-state index in [2.05, 4.69) is 10.4 Å². The molecule has 0 fully saturated rings. The fourth-order valence-corrected chi connectivity index (χ4v) is 2.57. The molecule has 27 heavy (non-hydrogen) atoms. The zero-order valence-electron chi connectivity index (χ0n) is 15.6. The number of carboxylic acid groups (broad SMARTS) is 1. The minimum absolute atomic E-state index is 0.117. The summed E-state index contributed by atoms with van der Waals surface area (Å²) in [5.41, 5.74) is 2.51. The third kappa shape index (κ3) is 3.92. The van der Waals surface area contributed by atoms with Crippen LogP contribution >= 0.6 is 0 Å². The van der Waals surface area contributed by atoms with Gasteiger partial charge >= 0.3 is 5.97 Å². The zero-order chi connectivity index (χ0) is 19.8. The highest BCUT2D eigenvalue weighted by Gasteiger charge is 2.21. The lowest BCUT2D eigenvalue weighted by atomic mass is 9.92. The number of carboxylic acids is 1. The Kier molecular flexibility index (Phi) is 4.61. The summed E-state index contributed by atoms with van der Waals surface area (Å²) in [7, 11) is 1.74. The quantitative estimate of drug-likeness (QED) is 0.728. The number of hydrogen-bond acceptors (Lipinski definition) is 4. The molecule has 1 aromatic carbocycles. The van der Waals surface area contributed by atoms with Crippen molar-refractivity contribution in [2.24, 2.45) is 7.05 Å². The molecule has 2 aromatic heterocycles. The van der Waals surface area contributed by atoms with Crippen molar-refractivity contribution in [3.63, 3.8) is 0 Å². The summed E-state index contributed by atoms with van der Waals surface area (Å²) in [6.45, 7) is 6.13. The van der Waals surface area contributed by atoms with Crippen LogP contribution < -0.4 is 5.32 Å². The van der Waals surface area contributed by atoms with E-state index in [1.54, 1.807) is 48.1 Å². The van der Waals surface area contributed by atoms with Crippen LogP contribution in [0.5, 0.6) is 0 Å². The molecule has 1 amide bonds. The van der Waals surface area contributed by atoms with Gasteiger partial charge in [-0.3, -0.25) is 9.48 Å². The summed E-state index contributed by atoms with van der Waals surface area (Å²) in [6, 6.07) is 11.8. The van der Waals surface area contributed by atoms with Crippen molar-refractivity contribution in [2.45, 2.75) is 26.2 Å². The molecule has 0 radical (unpaired) electrons. The Bertz CT molecular complexity index is 991. The van der Waals surface area contributed by atoms with Crippen LogP contribution in [0.15, 0.2) is 46.9 Å². The summed E-state index contributed by atoms with van der Waals surface area (Å²) in [6.07, 6.45) is 0. The van der Waals surface area contributed by atoms with Crippen molar-refractivity contribution < 1.29 is 19.1 Å². The van der Waals surface area contributed by atoms with E-state index in [0.717, 1.165) is 11.3 Å². The highest BCUT2D eigenvalue weighted by molar-refractivity contribution is 6.03. The van der Waals surface area contributed by atoms with Crippen molar-refractivity contribution in [3.05, 3.63) is 59.6 Å². The molecule has 0 aliphatic carbocycles. The highest BCUT2D eigenvalue weighted by atomic mass is 16.4. The second-order valence-corrected chi connectivity index (χ2v) is 7.29. The predicted molar refractivity (Wildman–Crippen MR) is 101 cm³/mol. The summed E-state index contributed by atoms with van der Waals surface area (Å²) in [5.74, 6) is -1.03. The van der Waals surface area contributed by atoms with E-state index in [0.29, 0.717) is 17.1 Å². The maximum Gasteiger partial charge on any atom is 0.371 e. The van der Waals surface area contributed by atoms with Crippen LogP contribution in [0.4, 0.5) is 5.69 Å². The van der Waals surface area contributed by atoms with Gasteiger partial charge < -0.3 is 14.8 Å². The Balaban J connectivity index is 1.75. The SMILES string of the molecule is Cn1nc(C(C)(C)C)cc1C(=O)Nc1ccc(-c2ccc(C(=O)O)o2)cc1. The highest BCUT2D eigenvalue weighted by Crippen LogP contribution is 2.25. The van der Waals surface area contributed by atoms with E-state index in [4.69, 9.17) is 9.52 Å². The molecule has 0 saturated carbocycles. The van der Waals surface area contributed by atoms with Crippen LogP contribution in [0.3, 0.4) is 0 Å². The topological polar surface area (TPSA) is 97.4 Å². The Hall–Kier alpha value is -3.35. The van der Waals surface area contributed by atoms with Crippen LogP contribution in [-0.4, -0.2) is 26.8 Å².